The zero-order valence-electron chi connectivity index (χ0n) is 11.7. The number of nitrogens with zero attached hydrogens (tertiary/aromatic N) is 4. The fraction of sp³-hybridized carbons (Fsp3) is 0.0769. The van der Waals surface area contributed by atoms with Gasteiger partial charge in [-0.3, -0.25) is 4.79 Å². The van der Waals surface area contributed by atoms with E-state index in [1.54, 1.807) is 23.9 Å². The fourth-order valence-electron chi connectivity index (χ4n) is 1.72. The van der Waals surface area contributed by atoms with Gasteiger partial charge in [0.15, 0.2) is 10.4 Å². The Labute approximate surface area is 152 Å². The second kappa shape index (κ2) is 6.85. The highest BCUT2D eigenvalue weighted by atomic mass is 79.9. The maximum absolute atomic E-state index is 12.3. The number of hydrogen-bond donors (Lipinski definition) is 1. The third kappa shape index (κ3) is 3.82. The van der Waals surface area contributed by atoms with Crippen LogP contribution in [0.4, 0.5) is 5.69 Å². The molecule has 0 radical (unpaired) electrons. The number of halogens is 2. The Kier molecular flexibility index (Phi) is 4.83. The number of hydrogen-bond acceptors (Lipinski definition) is 6. The summed E-state index contributed by atoms with van der Waals surface area (Å²) in [5.74, 6) is -0.125. The van der Waals surface area contributed by atoms with Crippen LogP contribution in [0.2, 0.25) is 0 Å². The minimum Gasteiger partial charge on any atom is -0.444 e. The molecule has 1 amide bonds. The summed E-state index contributed by atoms with van der Waals surface area (Å²) in [7, 11) is 1.75. The number of rotatable bonds is 4. The molecule has 0 aliphatic heterocycles. The monoisotopic (exact) mass is 457 g/mol. The Morgan fingerprint density at radius 1 is 1.30 bits per heavy atom. The molecule has 0 bridgehead atoms. The lowest BCUT2D eigenvalue weighted by atomic mass is 10.3. The highest BCUT2D eigenvalue weighted by Crippen LogP contribution is 2.34. The Bertz CT molecular complexity index is 864. The highest BCUT2D eigenvalue weighted by Gasteiger charge is 2.15. The van der Waals surface area contributed by atoms with Crippen LogP contribution in [0, 0.1) is 0 Å². The molecule has 0 aliphatic rings. The maximum Gasteiger partial charge on any atom is 0.291 e. The lowest BCUT2D eigenvalue weighted by molar-refractivity contribution is 0.0995. The van der Waals surface area contributed by atoms with E-state index in [1.165, 1.54) is 11.8 Å². The van der Waals surface area contributed by atoms with Crippen molar-refractivity contribution in [1.29, 1.82) is 0 Å². The summed E-state index contributed by atoms with van der Waals surface area (Å²) in [5, 5.41) is 14.8. The first kappa shape index (κ1) is 16.2. The average Bonchev–Trinajstić information content (AvgIpc) is 3.11. The maximum atomic E-state index is 12.3. The van der Waals surface area contributed by atoms with Crippen LogP contribution in [0.15, 0.2) is 53.9 Å². The Morgan fingerprint density at radius 3 is 2.78 bits per heavy atom. The SMILES string of the molecule is Cn1nnnc1Sc1ccc(Br)cc1NC(=O)c1ccc(Br)o1. The number of benzene rings is 1. The van der Waals surface area contributed by atoms with Gasteiger partial charge in [0.25, 0.3) is 5.91 Å². The number of carbonyl (C=O) groups is 1. The number of carbonyl (C=O) groups excluding carboxylic acids is 1. The molecule has 3 aromatic rings. The van der Waals surface area contributed by atoms with Gasteiger partial charge in [-0.05, 0) is 68.5 Å². The zero-order chi connectivity index (χ0) is 16.4. The van der Waals surface area contributed by atoms with Gasteiger partial charge in [0.05, 0.1) is 5.69 Å². The first-order valence-corrected chi connectivity index (χ1v) is 8.69. The van der Waals surface area contributed by atoms with E-state index in [4.69, 9.17) is 4.42 Å². The van der Waals surface area contributed by atoms with Gasteiger partial charge in [0.2, 0.25) is 5.16 Å². The molecule has 0 saturated carbocycles. The largest absolute Gasteiger partial charge is 0.444 e. The summed E-state index contributed by atoms with van der Waals surface area (Å²) >= 11 is 7.93. The molecule has 0 atom stereocenters. The van der Waals surface area contributed by atoms with Gasteiger partial charge in [0.1, 0.15) is 0 Å². The molecule has 1 N–H and O–H groups in total. The molecule has 2 heterocycles. The molecular weight excluding hydrogens is 450 g/mol. The van der Waals surface area contributed by atoms with Gasteiger partial charge in [-0.25, -0.2) is 4.68 Å². The van der Waals surface area contributed by atoms with Gasteiger partial charge < -0.3 is 9.73 Å². The van der Waals surface area contributed by atoms with Crippen molar-refractivity contribution < 1.29 is 9.21 Å². The van der Waals surface area contributed by atoms with Crippen molar-refractivity contribution >= 4 is 55.2 Å². The van der Waals surface area contributed by atoms with E-state index in [0.29, 0.717) is 15.5 Å². The lowest BCUT2D eigenvalue weighted by Crippen LogP contribution is -2.11. The molecule has 0 unspecified atom stereocenters. The fourth-order valence-corrected chi connectivity index (χ4v) is 3.18. The quantitative estimate of drug-likeness (QED) is 0.640. The summed E-state index contributed by atoms with van der Waals surface area (Å²) in [6, 6.07) is 8.82. The molecule has 0 saturated heterocycles. The van der Waals surface area contributed by atoms with Crippen LogP contribution in [-0.2, 0) is 7.05 Å². The summed E-state index contributed by atoms with van der Waals surface area (Å²) in [4.78, 5) is 13.1. The molecule has 3 rings (SSSR count). The molecule has 0 spiro atoms. The normalized spacial score (nSPS) is 10.7. The van der Waals surface area contributed by atoms with Gasteiger partial charge in [0, 0.05) is 16.4 Å². The van der Waals surface area contributed by atoms with Crippen molar-refractivity contribution in [2.45, 2.75) is 10.1 Å². The number of nitrogens with one attached hydrogen (secondary N) is 1. The molecule has 0 aliphatic carbocycles. The number of anilines is 1. The Morgan fingerprint density at radius 2 is 2.13 bits per heavy atom. The molecule has 7 nitrogen and oxygen atoms in total. The third-order valence-electron chi connectivity index (χ3n) is 2.77. The number of furan rings is 1. The Balaban J connectivity index is 1.87. The first-order valence-electron chi connectivity index (χ1n) is 6.29. The molecule has 2 aromatic heterocycles. The van der Waals surface area contributed by atoms with Crippen molar-refractivity contribution in [3.8, 4) is 0 Å². The van der Waals surface area contributed by atoms with Gasteiger partial charge in [-0.15, -0.1) is 5.10 Å². The molecular formula is C13H9Br2N5O2S. The van der Waals surface area contributed by atoms with Crippen LogP contribution < -0.4 is 5.32 Å². The van der Waals surface area contributed by atoms with E-state index < -0.39 is 0 Å². The second-order valence-electron chi connectivity index (χ2n) is 4.39. The number of aromatic nitrogens is 4. The minimum absolute atomic E-state index is 0.216. The van der Waals surface area contributed by atoms with E-state index in [1.807, 2.05) is 18.2 Å². The Hall–Kier alpha value is -1.65. The van der Waals surface area contributed by atoms with E-state index >= 15 is 0 Å². The molecule has 1 aromatic carbocycles. The third-order valence-corrected chi connectivity index (χ3v) is 4.79. The standard InChI is InChI=1S/C13H9Br2N5O2S/c1-20-13(17-18-19-20)23-10-4-2-7(14)6-8(10)16-12(21)9-3-5-11(15)22-9/h2-6H,1H3,(H,16,21). The molecule has 118 valence electrons. The predicted molar refractivity (Wildman–Crippen MR) is 91.4 cm³/mol. The summed E-state index contributed by atoms with van der Waals surface area (Å²) in [6.45, 7) is 0. The molecule has 23 heavy (non-hydrogen) atoms. The van der Waals surface area contributed by atoms with Crippen LogP contribution in [0.1, 0.15) is 10.6 Å². The van der Waals surface area contributed by atoms with Crippen molar-refractivity contribution in [2.24, 2.45) is 7.05 Å². The predicted octanol–water partition coefficient (Wildman–Crippen LogP) is 3.73. The van der Waals surface area contributed by atoms with Gasteiger partial charge in [-0.1, -0.05) is 15.9 Å². The minimum atomic E-state index is -0.341. The van der Waals surface area contributed by atoms with Crippen LogP contribution in [0.5, 0.6) is 0 Å². The zero-order valence-corrected chi connectivity index (χ0v) is 15.6. The van der Waals surface area contributed by atoms with Crippen molar-refractivity contribution in [3.63, 3.8) is 0 Å². The van der Waals surface area contributed by atoms with E-state index in [2.05, 4.69) is 52.7 Å². The lowest BCUT2D eigenvalue weighted by Gasteiger charge is -2.10. The second-order valence-corrected chi connectivity index (χ2v) is 7.09. The highest BCUT2D eigenvalue weighted by molar-refractivity contribution is 9.10. The van der Waals surface area contributed by atoms with Crippen LogP contribution in [-0.4, -0.2) is 26.1 Å². The van der Waals surface area contributed by atoms with Crippen LogP contribution in [0.25, 0.3) is 0 Å². The van der Waals surface area contributed by atoms with E-state index in [0.717, 1.165) is 9.37 Å². The number of aryl methyl sites for hydroxylation is 1. The van der Waals surface area contributed by atoms with Crippen LogP contribution >= 0.6 is 43.6 Å². The number of tetrazole rings is 1. The van der Waals surface area contributed by atoms with Crippen molar-refractivity contribution in [2.75, 3.05) is 5.32 Å². The average molecular weight is 459 g/mol. The van der Waals surface area contributed by atoms with Gasteiger partial charge >= 0.3 is 0 Å². The summed E-state index contributed by atoms with van der Waals surface area (Å²) in [6.07, 6.45) is 0. The summed E-state index contributed by atoms with van der Waals surface area (Å²) in [5.41, 5.74) is 0.630. The molecule has 0 fully saturated rings. The smallest absolute Gasteiger partial charge is 0.291 e. The van der Waals surface area contributed by atoms with Crippen LogP contribution in [0.3, 0.4) is 0 Å². The first-order chi connectivity index (χ1) is 11.0. The summed E-state index contributed by atoms with van der Waals surface area (Å²) < 4.78 is 8.16. The van der Waals surface area contributed by atoms with E-state index in [-0.39, 0.29) is 11.7 Å². The van der Waals surface area contributed by atoms with Crippen molar-refractivity contribution in [1.82, 2.24) is 20.2 Å². The topological polar surface area (TPSA) is 85.8 Å². The van der Waals surface area contributed by atoms with E-state index in [9.17, 15) is 4.79 Å². The van der Waals surface area contributed by atoms with Gasteiger partial charge in [-0.2, -0.15) is 0 Å². The number of amides is 1. The van der Waals surface area contributed by atoms with Crippen molar-refractivity contribution in [3.05, 3.63) is 45.2 Å². The molecule has 10 heteroatoms.